The van der Waals surface area contributed by atoms with Crippen LogP contribution < -0.4 is 21.7 Å². The molecular formula is C14H20N4O11. The third-order valence-corrected chi connectivity index (χ3v) is 3.22. The average molecular weight is 420 g/mol. The van der Waals surface area contributed by atoms with Gasteiger partial charge in [0.05, 0.1) is 25.8 Å². The molecule has 0 saturated carbocycles. The summed E-state index contributed by atoms with van der Waals surface area (Å²) in [7, 11) is 0. The van der Waals surface area contributed by atoms with Crippen molar-refractivity contribution in [2.75, 3.05) is 6.54 Å². The molecule has 0 fully saturated rings. The van der Waals surface area contributed by atoms with Crippen LogP contribution in [-0.2, 0) is 33.6 Å². The number of rotatable bonds is 13. The molecule has 0 saturated heterocycles. The summed E-state index contributed by atoms with van der Waals surface area (Å²) in [6.07, 6.45) is -2.99. The van der Waals surface area contributed by atoms with Gasteiger partial charge in [0.1, 0.15) is 18.1 Å². The summed E-state index contributed by atoms with van der Waals surface area (Å²) in [4.78, 5) is 79.2. The van der Waals surface area contributed by atoms with Crippen LogP contribution in [0.1, 0.15) is 19.3 Å². The maximum absolute atomic E-state index is 12.2. The quantitative estimate of drug-likeness (QED) is 0.141. The Balaban J connectivity index is 5.43. The fourth-order valence-electron chi connectivity index (χ4n) is 1.94. The molecule has 0 bridgehead atoms. The first kappa shape index (κ1) is 25.2. The number of hydrogen-bond acceptors (Lipinski definition) is 8. The Morgan fingerprint density at radius 3 is 1.31 bits per heavy atom. The predicted octanol–water partition coefficient (Wildman–Crippen LogP) is -4.09. The van der Waals surface area contributed by atoms with E-state index in [0.29, 0.717) is 0 Å². The monoisotopic (exact) mass is 420 g/mol. The van der Waals surface area contributed by atoms with Gasteiger partial charge in [-0.3, -0.25) is 28.8 Å². The molecule has 9 N–H and O–H groups in total. The first-order valence-electron chi connectivity index (χ1n) is 7.85. The molecule has 15 nitrogen and oxygen atoms in total. The molecule has 29 heavy (non-hydrogen) atoms. The van der Waals surface area contributed by atoms with Crippen LogP contribution in [0.25, 0.3) is 0 Å². The maximum Gasteiger partial charge on any atom is 0.326 e. The lowest BCUT2D eigenvalue weighted by molar-refractivity contribution is -0.148. The van der Waals surface area contributed by atoms with E-state index in [4.69, 9.17) is 26.2 Å². The van der Waals surface area contributed by atoms with Crippen molar-refractivity contribution in [3.05, 3.63) is 0 Å². The van der Waals surface area contributed by atoms with Crippen molar-refractivity contribution in [1.29, 1.82) is 0 Å². The molecule has 0 aliphatic rings. The van der Waals surface area contributed by atoms with E-state index >= 15 is 0 Å². The summed E-state index contributed by atoms with van der Waals surface area (Å²) in [5.41, 5.74) is 5.05. The van der Waals surface area contributed by atoms with Gasteiger partial charge in [-0.15, -0.1) is 0 Å². The van der Waals surface area contributed by atoms with Gasteiger partial charge in [0, 0.05) is 0 Å². The lowest BCUT2D eigenvalue weighted by atomic mass is 10.1. The number of carbonyl (C=O) groups is 7. The van der Waals surface area contributed by atoms with E-state index in [1.54, 1.807) is 5.32 Å². The van der Waals surface area contributed by atoms with Gasteiger partial charge in [0.25, 0.3) is 0 Å². The summed E-state index contributed by atoms with van der Waals surface area (Å²) in [5, 5.41) is 40.9. The Labute approximate surface area is 162 Å². The number of hydrogen-bond donors (Lipinski definition) is 8. The van der Waals surface area contributed by atoms with E-state index in [1.807, 2.05) is 10.6 Å². The van der Waals surface area contributed by atoms with Crippen LogP contribution in [0, 0.1) is 0 Å². The number of nitrogens with one attached hydrogen (secondary N) is 3. The third-order valence-electron chi connectivity index (χ3n) is 3.22. The first-order chi connectivity index (χ1) is 13.4. The van der Waals surface area contributed by atoms with Gasteiger partial charge in [-0.2, -0.15) is 0 Å². The van der Waals surface area contributed by atoms with Crippen LogP contribution in [0.4, 0.5) is 0 Å². The fraction of sp³-hybridized carbons (Fsp3) is 0.500. The molecule has 0 aromatic heterocycles. The van der Waals surface area contributed by atoms with Crippen molar-refractivity contribution in [2.45, 2.75) is 37.4 Å². The molecular weight excluding hydrogens is 400 g/mol. The van der Waals surface area contributed by atoms with E-state index in [2.05, 4.69) is 0 Å². The maximum atomic E-state index is 12.2. The molecule has 0 aromatic rings. The minimum Gasteiger partial charge on any atom is -0.481 e. The van der Waals surface area contributed by atoms with Crippen molar-refractivity contribution < 1.29 is 54.0 Å². The van der Waals surface area contributed by atoms with Gasteiger partial charge in [-0.1, -0.05) is 0 Å². The molecule has 3 atom stereocenters. The molecule has 0 rings (SSSR count). The Morgan fingerprint density at radius 1 is 0.621 bits per heavy atom. The highest BCUT2D eigenvalue weighted by atomic mass is 16.4. The van der Waals surface area contributed by atoms with Gasteiger partial charge >= 0.3 is 23.9 Å². The van der Waals surface area contributed by atoms with Crippen molar-refractivity contribution >= 4 is 41.6 Å². The zero-order valence-corrected chi connectivity index (χ0v) is 14.8. The summed E-state index contributed by atoms with van der Waals surface area (Å²) in [5.74, 6) is -9.87. The zero-order valence-electron chi connectivity index (χ0n) is 14.8. The number of carboxylic acid groups (broad SMARTS) is 4. The number of aliphatic carboxylic acids is 4. The van der Waals surface area contributed by atoms with E-state index in [1.165, 1.54) is 0 Å². The SMILES string of the molecule is NCC(=O)N[C@@H](CC(=O)O)C(=O)N[C@@H](CC(=O)O)C(=O)N[C@@H](CC(=O)O)C(=O)O. The standard InChI is InChI=1S/C14H20N4O11/c15-4-8(19)16-5(1-9(20)21)12(26)17-6(2-10(22)23)13(27)18-7(14(28)29)3-11(24)25/h5-7H,1-4,15H2,(H,16,19)(H,17,26)(H,18,27)(H,20,21)(H,22,23)(H,24,25)(H,28,29)/t5-,6-,7-/m0/s1. The molecule has 0 aliphatic heterocycles. The first-order valence-corrected chi connectivity index (χ1v) is 7.85. The van der Waals surface area contributed by atoms with Gasteiger partial charge in [-0.05, 0) is 0 Å². The third kappa shape index (κ3) is 10.2. The van der Waals surface area contributed by atoms with Gasteiger partial charge in [0.15, 0.2) is 0 Å². The molecule has 0 spiro atoms. The minimum absolute atomic E-state index is 0.585. The molecule has 0 aliphatic carbocycles. The molecule has 3 amide bonds. The number of amides is 3. The summed E-state index contributed by atoms with van der Waals surface area (Å²) < 4.78 is 0. The molecule has 0 radical (unpaired) electrons. The zero-order chi connectivity index (χ0) is 22.7. The smallest absolute Gasteiger partial charge is 0.326 e. The summed E-state index contributed by atoms with van der Waals surface area (Å²) in [6.45, 7) is -0.585. The van der Waals surface area contributed by atoms with Crippen LogP contribution in [-0.4, -0.2) is 86.7 Å². The fourth-order valence-corrected chi connectivity index (χ4v) is 1.94. The van der Waals surface area contributed by atoms with Crippen LogP contribution in [0.2, 0.25) is 0 Å². The van der Waals surface area contributed by atoms with Crippen molar-refractivity contribution in [2.24, 2.45) is 5.73 Å². The second-order valence-electron chi connectivity index (χ2n) is 5.58. The average Bonchev–Trinajstić information content (AvgIpc) is 2.58. The number of carbonyl (C=O) groups excluding carboxylic acids is 3. The Morgan fingerprint density at radius 2 is 0.966 bits per heavy atom. The van der Waals surface area contributed by atoms with Crippen molar-refractivity contribution in [3.63, 3.8) is 0 Å². The molecule has 15 heteroatoms. The highest BCUT2D eigenvalue weighted by Crippen LogP contribution is 2.01. The van der Waals surface area contributed by atoms with E-state index in [-0.39, 0.29) is 0 Å². The minimum atomic E-state index is -1.92. The molecule has 162 valence electrons. The van der Waals surface area contributed by atoms with Crippen molar-refractivity contribution in [3.8, 4) is 0 Å². The van der Waals surface area contributed by atoms with Crippen LogP contribution >= 0.6 is 0 Å². The normalized spacial score (nSPS) is 13.3. The Bertz CT molecular complexity index is 693. The van der Waals surface area contributed by atoms with Crippen molar-refractivity contribution in [1.82, 2.24) is 16.0 Å². The largest absolute Gasteiger partial charge is 0.481 e. The molecule has 0 aromatic carbocycles. The topological polar surface area (TPSA) is 263 Å². The second kappa shape index (κ2) is 11.9. The molecule has 0 heterocycles. The lowest BCUT2D eigenvalue weighted by Gasteiger charge is -2.22. The summed E-state index contributed by atoms with van der Waals surface area (Å²) >= 11 is 0. The van der Waals surface area contributed by atoms with Crippen LogP contribution in [0.3, 0.4) is 0 Å². The second-order valence-corrected chi connectivity index (χ2v) is 5.58. The highest BCUT2D eigenvalue weighted by molar-refractivity contribution is 5.96. The van der Waals surface area contributed by atoms with Crippen LogP contribution in [0.15, 0.2) is 0 Å². The van der Waals surface area contributed by atoms with E-state index in [0.717, 1.165) is 0 Å². The highest BCUT2D eigenvalue weighted by Gasteiger charge is 2.32. The molecule has 0 unspecified atom stereocenters. The van der Waals surface area contributed by atoms with E-state index in [9.17, 15) is 33.6 Å². The predicted molar refractivity (Wildman–Crippen MR) is 89.2 cm³/mol. The van der Waals surface area contributed by atoms with Gasteiger partial charge < -0.3 is 42.1 Å². The van der Waals surface area contributed by atoms with E-state index < -0.39 is 85.5 Å². The van der Waals surface area contributed by atoms with Gasteiger partial charge in [0.2, 0.25) is 17.7 Å². The van der Waals surface area contributed by atoms with Crippen LogP contribution in [0.5, 0.6) is 0 Å². The lowest BCUT2D eigenvalue weighted by Crippen LogP contribution is -2.57. The number of carboxylic acids is 4. The number of nitrogens with two attached hydrogens (primary N) is 1. The Hall–Kier alpha value is -3.75. The summed E-state index contributed by atoms with van der Waals surface area (Å²) in [6, 6.07) is -5.51. The Kier molecular flexibility index (Phi) is 10.3. The van der Waals surface area contributed by atoms with Gasteiger partial charge in [-0.25, -0.2) is 4.79 Å².